The third-order valence-electron chi connectivity index (χ3n) is 3.96. The maximum atomic E-state index is 13.7. The summed E-state index contributed by atoms with van der Waals surface area (Å²) in [7, 11) is 0. The lowest BCUT2D eigenvalue weighted by molar-refractivity contribution is -0.137. The molecule has 0 unspecified atom stereocenters. The summed E-state index contributed by atoms with van der Waals surface area (Å²) in [6.45, 7) is 2.65. The minimum absolute atomic E-state index is 0.218. The molecule has 0 bridgehead atoms. The maximum Gasteiger partial charge on any atom is 0.416 e. The number of rotatable bonds is 8. The van der Waals surface area contributed by atoms with Gasteiger partial charge in [-0.1, -0.05) is 19.1 Å². The fourth-order valence-corrected chi connectivity index (χ4v) is 2.52. The molecule has 0 spiro atoms. The topological polar surface area (TPSA) is 55.0 Å². The average Bonchev–Trinajstić information content (AvgIpc) is 2.68. The lowest BCUT2D eigenvalue weighted by Crippen LogP contribution is -2.28. The highest BCUT2D eigenvalue weighted by molar-refractivity contribution is 5.66. The van der Waals surface area contributed by atoms with Gasteiger partial charge in [0, 0.05) is 31.2 Å². The second kappa shape index (κ2) is 9.98. The predicted octanol–water partition coefficient (Wildman–Crippen LogP) is 4.56. The molecule has 0 aliphatic heterocycles. The molecule has 0 atom stereocenters. The Labute approximate surface area is 161 Å². The van der Waals surface area contributed by atoms with E-state index in [1.807, 2.05) is 4.90 Å². The number of halogens is 4. The van der Waals surface area contributed by atoms with E-state index < -0.39 is 11.7 Å². The maximum absolute atomic E-state index is 13.7. The molecular weight excluding hydrogens is 372 g/mol. The molecule has 2 N–H and O–H groups in total. The van der Waals surface area contributed by atoms with Crippen LogP contribution in [0.1, 0.15) is 30.3 Å². The summed E-state index contributed by atoms with van der Waals surface area (Å²) < 4.78 is 52.3. The Hall–Kier alpha value is -2.74. The van der Waals surface area contributed by atoms with E-state index in [0.29, 0.717) is 30.2 Å². The van der Waals surface area contributed by atoms with Gasteiger partial charge >= 0.3 is 6.18 Å². The van der Waals surface area contributed by atoms with Crippen LogP contribution in [0.4, 0.5) is 17.6 Å². The lowest BCUT2D eigenvalue weighted by atomic mass is 10.1. The summed E-state index contributed by atoms with van der Waals surface area (Å²) >= 11 is 0. The minimum atomic E-state index is -4.43. The molecule has 2 aromatic rings. The SMILES string of the molecule is CC/C(F)=C\C=C(\c1ccc(C(F)(F)F)cc1)N(CCN)Cc1ncccn1. The number of hydrogen-bond acceptors (Lipinski definition) is 4. The third-order valence-corrected chi connectivity index (χ3v) is 3.96. The van der Waals surface area contributed by atoms with Gasteiger partial charge in [-0.15, -0.1) is 0 Å². The molecule has 4 nitrogen and oxygen atoms in total. The zero-order valence-corrected chi connectivity index (χ0v) is 15.5. The highest BCUT2D eigenvalue weighted by Gasteiger charge is 2.30. The van der Waals surface area contributed by atoms with Gasteiger partial charge in [-0.2, -0.15) is 13.2 Å². The van der Waals surface area contributed by atoms with Gasteiger partial charge in [-0.3, -0.25) is 0 Å². The van der Waals surface area contributed by atoms with Crippen molar-refractivity contribution in [2.75, 3.05) is 13.1 Å². The summed E-state index contributed by atoms with van der Waals surface area (Å²) in [5.74, 6) is 0.182. The first kappa shape index (κ1) is 21.6. The number of benzene rings is 1. The van der Waals surface area contributed by atoms with Crippen LogP contribution in [0.15, 0.2) is 60.7 Å². The first-order chi connectivity index (χ1) is 13.3. The molecule has 1 aromatic carbocycles. The summed E-state index contributed by atoms with van der Waals surface area (Å²) in [5.41, 5.74) is 6.02. The van der Waals surface area contributed by atoms with Crippen molar-refractivity contribution in [3.8, 4) is 0 Å². The van der Waals surface area contributed by atoms with Gasteiger partial charge in [0.15, 0.2) is 0 Å². The summed E-state index contributed by atoms with van der Waals surface area (Å²) in [4.78, 5) is 10.2. The Kier molecular flexibility index (Phi) is 7.69. The molecule has 1 heterocycles. The van der Waals surface area contributed by atoms with Crippen molar-refractivity contribution in [3.63, 3.8) is 0 Å². The van der Waals surface area contributed by atoms with Gasteiger partial charge in [0.05, 0.1) is 17.9 Å². The Bertz CT molecular complexity index is 799. The van der Waals surface area contributed by atoms with Crippen LogP contribution in [0.3, 0.4) is 0 Å². The zero-order valence-electron chi connectivity index (χ0n) is 15.5. The van der Waals surface area contributed by atoms with E-state index in [-0.39, 0.29) is 18.8 Å². The van der Waals surface area contributed by atoms with Crippen LogP contribution < -0.4 is 5.73 Å². The van der Waals surface area contributed by atoms with E-state index >= 15 is 0 Å². The van der Waals surface area contributed by atoms with Crippen molar-refractivity contribution in [1.82, 2.24) is 14.9 Å². The van der Waals surface area contributed by atoms with Crippen LogP contribution in [0.5, 0.6) is 0 Å². The van der Waals surface area contributed by atoms with Crippen molar-refractivity contribution in [2.45, 2.75) is 26.1 Å². The van der Waals surface area contributed by atoms with Crippen LogP contribution in [-0.2, 0) is 12.7 Å². The third kappa shape index (κ3) is 6.16. The van der Waals surface area contributed by atoms with Gasteiger partial charge in [0.1, 0.15) is 5.82 Å². The summed E-state index contributed by atoms with van der Waals surface area (Å²) in [6.07, 6.45) is 1.84. The second-order valence-corrected chi connectivity index (χ2v) is 5.97. The first-order valence-electron chi connectivity index (χ1n) is 8.80. The fourth-order valence-electron chi connectivity index (χ4n) is 2.52. The number of allylic oxidation sites excluding steroid dienone is 3. The number of aromatic nitrogens is 2. The van der Waals surface area contributed by atoms with E-state index in [4.69, 9.17) is 5.73 Å². The Morgan fingerprint density at radius 2 is 1.75 bits per heavy atom. The van der Waals surface area contributed by atoms with Crippen molar-refractivity contribution < 1.29 is 17.6 Å². The number of hydrogen-bond donors (Lipinski definition) is 1. The summed E-state index contributed by atoms with van der Waals surface area (Å²) in [6, 6.07) is 6.41. The first-order valence-corrected chi connectivity index (χ1v) is 8.80. The van der Waals surface area contributed by atoms with Gasteiger partial charge < -0.3 is 10.6 Å². The predicted molar refractivity (Wildman–Crippen MR) is 100 cm³/mol. The van der Waals surface area contributed by atoms with Gasteiger partial charge in [-0.05, 0) is 42.3 Å². The smallest absolute Gasteiger partial charge is 0.362 e. The van der Waals surface area contributed by atoms with Crippen molar-refractivity contribution in [3.05, 3.63) is 77.7 Å². The number of nitrogens with zero attached hydrogens (tertiary/aromatic N) is 3. The molecule has 0 saturated carbocycles. The van der Waals surface area contributed by atoms with Crippen LogP contribution in [-0.4, -0.2) is 28.0 Å². The van der Waals surface area contributed by atoms with E-state index in [2.05, 4.69) is 9.97 Å². The molecule has 0 aliphatic rings. The number of alkyl halides is 3. The normalized spacial score (nSPS) is 12.9. The molecule has 150 valence electrons. The molecule has 0 aliphatic carbocycles. The lowest BCUT2D eigenvalue weighted by Gasteiger charge is -2.27. The highest BCUT2D eigenvalue weighted by Crippen LogP contribution is 2.31. The van der Waals surface area contributed by atoms with E-state index in [1.54, 1.807) is 31.5 Å². The second-order valence-electron chi connectivity index (χ2n) is 5.97. The quantitative estimate of drug-likeness (QED) is 0.527. The zero-order chi connectivity index (χ0) is 20.6. The van der Waals surface area contributed by atoms with E-state index in [0.717, 1.165) is 12.1 Å². The highest BCUT2D eigenvalue weighted by atomic mass is 19.4. The molecule has 2 rings (SSSR count). The van der Waals surface area contributed by atoms with Crippen LogP contribution in [0, 0.1) is 0 Å². The minimum Gasteiger partial charge on any atom is -0.362 e. The molecule has 0 amide bonds. The molecular formula is C20H22F4N4. The molecule has 1 aromatic heterocycles. The molecule has 0 radical (unpaired) electrons. The molecule has 0 saturated heterocycles. The van der Waals surface area contributed by atoms with Gasteiger partial charge in [-0.25, -0.2) is 14.4 Å². The van der Waals surface area contributed by atoms with E-state index in [9.17, 15) is 17.6 Å². The van der Waals surface area contributed by atoms with Crippen LogP contribution >= 0.6 is 0 Å². The average molecular weight is 394 g/mol. The van der Waals surface area contributed by atoms with Crippen LogP contribution in [0.25, 0.3) is 5.70 Å². The van der Waals surface area contributed by atoms with Crippen molar-refractivity contribution in [2.24, 2.45) is 5.73 Å². The Morgan fingerprint density at radius 1 is 1.11 bits per heavy atom. The largest absolute Gasteiger partial charge is 0.416 e. The monoisotopic (exact) mass is 394 g/mol. The number of nitrogens with two attached hydrogens (primary N) is 1. The van der Waals surface area contributed by atoms with Gasteiger partial charge in [0.2, 0.25) is 0 Å². The van der Waals surface area contributed by atoms with Crippen molar-refractivity contribution >= 4 is 5.70 Å². The molecule has 8 heteroatoms. The molecule has 0 fully saturated rings. The van der Waals surface area contributed by atoms with Crippen molar-refractivity contribution in [1.29, 1.82) is 0 Å². The van der Waals surface area contributed by atoms with Crippen LogP contribution in [0.2, 0.25) is 0 Å². The van der Waals surface area contributed by atoms with E-state index in [1.165, 1.54) is 18.2 Å². The molecule has 28 heavy (non-hydrogen) atoms. The fraction of sp³-hybridized carbons (Fsp3) is 0.300. The summed E-state index contributed by atoms with van der Waals surface area (Å²) in [5, 5.41) is 0. The Morgan fingerprint density at radius 3 is 2.29 bits per heavy atom. The standard InChI is InChI=1S/C20H22F4N4/c1-2-17(21)8-9-18(15-4-6-16(7-5-15)20(22,23)24)28(13-10-25)14-19-26-11-3-12-27-19/h3-9,11-12H,2,10,13-14,25H2,1H3/b17-8+,18-9-. The van der Waals surface area contributed by atoms with Gasteiger partial charge in [0.25, 0.3) is 0 Å². The Balaban J connectivity index is 2.44.